The molecule has 1 aromatic carbocycles. The van der Waals surface area contributed by atoms with E-state index in [0.29, 0.717) is 11.3 Å². The zero-order valence-electron chi connectivity index (χ0n) is 8.11. The molecular weight excluding hydrogens is 231 g/mol. The first-order chi connectivity index (χ1) is 7.63. The minimum atomic E-state index is -0.379. The SMILES string of the molecule is [CH2]c1cc(F)cc(Nc2ncnc(Cl)n2)c1. The highest BCUT2D eigenvalue weighted by Gasteiger charge is 2.01. The molecule has 81 valence electrons. The van der Waals surface area contributed by atoms with E-state index >= 15 is 0 Å². The third-order valence-electron chi connectivity index (χ3n) is 1.76. The van der Waals surface area contributed by atoms with Crippen LogP contribution in [0.1, 0.15) is 5.56 Å². The second-order valence-electron chi connectivity index (χ2n) is 3.05. The Morgan fingerprint density at radius 3 is 2.75 bits per heavy atom. The average Bonchev–Trinajstić information content (AvgIpc) is 2.15. The number of rotatable bonds is 2. The number of hydrogen-bond acceptors (Lipinski definition) is 4. The van der Waals surface area contributed by atoms with Crippen molar-refractivity contribution in [1.29, 1.82) is 0 Å². The van der Waals surface area contributed by atoms with E-state index in [1.54, 1.807) is 6.07 Å². The summed E-state index contributed by atoms with van der Waals surface area (Å²) in [7, 11) is 0. The molecule has 0 saturated carbocycles. The van der Waals surface area contributed by atoms with Crippen molar-refractivity contribution in [3.63, 3.8) is 0 Å². The molecule has 6 heteroatoms. The molecule has 1 aromatic heterocycles. The van der Waals surface area contributed by atoms with Crippen LogP contribution in [-0.2, 0) is 0 Å². The average molecular weight is 238 g/mol. The summed E-state index contributed by atoms with van der Waals surface area (Å²) < 4.78 is 13.1. The summed E-state index contributed by atoms with van der Waals surface area (Å²) >= 11 is 5.58. The molecule has 0 unspecified atom stereocenters. The van der Waals surface area contributed by atoms with Crippen molar-refractivity contribution in [2.24, 2.45) is 0 Å². The van der Waals surface area contributed by atoms with E-state index in [4.69, 9.17) is 11.6 Å². The van der Waals surface area contributed by atoms with Gasteiger partial charge in [0, 0.05) is 5.69 Å². The first-order valence-corrected chi connectivity index (χ1v) is 4.75. The van der Waals surface area contributed by atoms with Crippen LogP contribution in [0, 0.1) is 12.7 Å². The van der Waals surface area contributed by atoms with E-state index in [1.807, 2.05) is 0 Å². The largest absolute Gasteiger partial charge is 0.324 e. The van der Waals surface area contributed by atoms with Crippen LogP contribution in [0.3, 0.4) is 0 Å². The maximum atomic E-state index is 13.1. The van der Waals surface area contributed by atoms with Gasteiger partial charge >= 0.3 is 0 Å². The predicted molar refractivity (Wildman–Crippen MR) is 59.0 cm³/mol. The lowest BCUT2D eigenvalue weighted by atomic mass is 10.2. The highest BCUT2D eigenvalue weighted by Crippen LogP contribution is 2.16. The van der Waals surface area contributed by atoms with Gasteiger partial charge in [0.2, 0.25) is 11.2 Å². The monoisotopic (exact) mass is 237 g/mol. The fourth-order valence-corrected chi connectivity index (χ4v) is 1.31. The smallest absolute Gasteiger partial charge is 0.231 e. The van der Waals surface area contributed by atoms with Gasteiger partial charge < -0.3 is 5.32 Å². The van der Waals surface area contributed by atoms with Crippen LogP contribution in [0.15, 0.2) is 24.5 Å². The van der Waals surface area contributed by atoms with E-state index in [1.165, 1.54) is 18.5 Å². The van der Waals surface area contributed by atoms with Crippen LogP contribution < -0.4 is 5.32 Å². The lowest BCUT2D eigenvalue weighted by molar-refractivity contribution is 0.628. The molecule has 2 rings (SSSR count). The van der Waals surface area contributed by atoms with Crippen molar-refractivity contribution >= 4 is 23.2 Å². The Bertz CT molecular complexity index is 498. The first kappa shape index (κ1) is 10.8. The number of halogens is 2. The minimum absolute atomic E-state index is 0.0729. The fraction of sp³-hybridized carbons (Fsp3) is 0. The van der Waals surface area contributed by atoms with Gasteiger partial charge in [0.05, 0.1) is 0 Å². The van der Waals surface area contributed by atoms with E-state index in [2.05, 4.69) is 27.2 Å². The molecule has 0 saturated heterocycles. The van der Waals surface area contributed by atoms with Gasteiger partial charge in [-0.2, -0.15) is 4.98 Å². The molecule has 0 amide bonds. The molecule has 1 radical (unpaired) electrons. The summed E-state index contributed by atoms with van der Waals surface area (Å²) in [4.78, 5) is 11.3. The van der Waals surface area contributed by atoms with Crippen LogP contribution >= 0.6 is 11.6 Å². The fourth-order valence-electron chi connectivity index (χ4n) is 1.19. The second-order valence-corrected chi connectivity index (χ2v) is 3.39. The Labute approximate surface area is 96.5 Å². The van der Waals surface area contributed by atoms with Gasteiger partial charge in [-0.3, -0.25) is 0 Å². The molecule has 4 nitrogen and oxygen atoms in total. The summed E-state index contributed by atoms with van der Waals surface area (Å²) in [5.74, 6) is -0.125. The van der Waals surface area contributed by atoms with Gasteiger partial charge in [-0.1, -0.05) is 0 Å². The Morgan fingerprint density at radius 1 is 1.25 bits per heavy atom. The molecule has 0 atom stereocenters. The van der Waals surface area contributed by atoms with E-state index in [9.17, 15) is 4.39 Å². The number of hydrogen-bond donors (Lipinski definition) is 1. The molecule has 2 aromatic rings. The summed E-state index contributed by atoms with van der Waals surface area (Å²) in [5.41, 5.74) is 1.06. The lowest BCUT2D eigenvalue weighted by Crippen LogP contribution is -1.98. The Balaban J connectivity index is 2.27. The maximum absolute atomic E-state index is 13.1. The van der Waals surface area contributed by atoms with Crippen molar-refractivity contribution < 1.29 is 4.39 Å². The summed E-state index contributed by atoms with van der Waals surface area (Å²) in [6.45, 7) is 3.64. The van der Waals surface area contributed by atoms with Gasteiger partial charge in [-0.05, 0) is 42.3 Å². The normalized spacial score (nSPS) is 10.2. The zero-order valence-corrected chi connectivity index (χ0v) is 8.87. The molecule has 1 heterocycles. The highest BCUT2D eigenvalue weighted by atomic mass is 35.5. The quantitative estimate of drug-likeness (QED) is 0.872. The number of aromatic nitrogens is 3. The Morgan fingerprint density at radius 2 is 2.06 bits per heavy atom. The molecule has 0 spiro atoms. The first-order valence-electron chi connectivity index (χ1n) is 4.37. The number of nitrogens with one attached hydrogen (secondary N) is 1. The van der Waals surface area contributed by atoms with E-state index in [0.717, 1.165) is 0 Å². The number of benzene rings is 1. The van der Waals surface area contributed by atoms with Gasteiger partial charge in [0.25, 0.3) is 0 Å². The molecular formula is C10H7ClFN4. The molecule has 1 N–H and O–H groups in total. The van der Waals surface area contributed by atoms with Crippen molar-refractivity contribution in [2.45, 2.75) is 0 Å². The second kappa shape index (κ2) is 4.40. The van der Waals surface area contributed by atoms with Gasteiger partial charge in [0.15, 0.2) is 0 Å². The summed E-state index contributed by atoms with van der Waals surface area (Å²) in [6.07, 6.45) is 1.27. The molecule has 0 aliphatic carbocycles. The van der Waals surface area contributed by atoms with Crippen molar-refractivity contribution in [2.75, 3.05) is 5.32 Å². The zero-order chi connectivity index (χ0) is 11.5. The predicted octanol–water partition coefficient (Wildman–Crippen LogP) is 2.59. The summed E-state index contributed by atoms with van der Waals surface area (Å²) in [5, 5.41) is 2.87. The molecule has 0 aliphatic heterocycles. The molecule has 0 fully saturated rings. The maximum Gasteiger partial charge on any atom is 0.231 e. The van der Waals surface area contributed by atoms with Crippen LogP contribution in [0.2, 0.25) is 5.28 Å². The van der Waals surface area contributed by atoms with Crippen molar-refractivity contribution in [3.05, 3.63) is 48.1 Å². The van der Waals surface area contributed by atoms with Crippen LogP contribution in [0.4, 0.5) is 16.0 Å². The molecule has 0 bridgehead atoms. The Hall–Kier alpha value is -1.75. The Kier molecular flexibility index (Phi) is 2.96. The topological polar surface area (TPSA) is 50.7 Å². The molecule has 16 heavy (non-hydrogen) atoms. The van der Waals surface area contributed by atoms with Crippen LogP contribution in [-0.4, -0.2) is 15.0 Å². The number of nitrogens with zero attached hydrogens (tertiary/aromatic N) is 3. The third-order valence-corrected chi connectivity index (χ3v) is 1.94. The van der Waals surface area contributed by atoms with Gasteiger partial charge in [-0.15, -0.1) is 0 Å². The van der Waals surface area contributed by atoms with E-state index < -0.39 is 0 Å². The van der Waals surface area contributed by atoms with E-state index in [-0.39, 0.29) is 17.0 Å². The van der Waals surface area contributed by atoms with Gasteiger partial charge in [0.1, 0.15) is 12.1 Å². The number of anilines is 2. The van der Waals surface area contributed by atoms with Gasteiger partial charge in [-0.25, -0.2) is 14.4 Å². The minimum Gasteiger partial charge on any atom is -0.324 e. The lowest BCUT2D eigenvalue weighted by Gasteiger charge is -2.05. The summed E-state index contributed by atoms with van der Waals surface area (Å²) in [6, 6.07) is 4.30. The molecule has 0 aliphatic rings. The van der Waals surface area contributed by atoms with Crippen LogP contribution in [0.25, 0.3) is 0 Å². The van der Waals surface area contributed by atoms with Crippen molar-refractivity contribution in [3.8, 4) is 0 Å². The van der Waals surface area contributed by atoms with Crippen LogP contribution in [0.5, 0.6) is 0 Å². The standard InChI is InChI=1S/C10H7ClFN4/c1-6-2-7(12)4-8(3-6)15-10-14-5-13-9(11)16-10/h2-5H,1H2,(H,13,14,15,16). The van der Waals surface area contributed by atoms with Crippen molar-refractivity contribution in [1.82, 2.24) is 15.0 Å². The highest BCUT2D eigenvalue weighted by molar-refractivity contribution is 6.28. The third kappa shape index (κ3) is 2.64.